The SMILES string of the molecule is CC(C)C[C@H](NC(=O)[C@H](CCCN=C(N)N)NC(=O)[C@H](CC(=O)O)NC(=O)[C@H](Cc1c[nH]c2ccccc12)NC(=O)OCC1c2ccccc2-c2ccccc21)C(=O)OC(C)(C)C. The van der Waals surface area contributed by atoms with E-state index in [-0.39, 0.29) is 56.6 Å². The van der Waals surface area contributed by atoms with Crippen LogP contribution in [0.4, 0.5) is 4.79 Å². The highest BCUT2D eigenvalue weighted by Gasteiger charge is 2.35. The maximum absolute atomic E-state index is 14.2. The van der Waals surface area contributed by atoms with Crippen LogP contribution in [0.5, 0.6) is 0 Å². The summed E-state index contributed by atoms with van der Waals surface area (Å²) in [5, 5.41) is 21.1. The number of rotatable bonds is 20. The van der Waals surface area contributed by atoms with Crippen LogP contribution in [0.25, 0.3) is 22.0 Å². The number of carboxylic acids is 1. The van der Waals surface area contributed by atoms with E-state index in [4.69, 9.17) is 20.9 Å². The molecule has 5 rings (SSSR count). The molecule has 3 aromatic carbocycles. The topological polar surface area (TPSA) is 269 Å². The van der Waals surface area contributed by atoms with Crippen LogP contribution in [0.3, 0.4) is 0 Å². The molecule has 336 valence electrons. The van der Waals surface area contributed by atoms with Gasteiger partial charge in [-0.05, 0) is 79.8 Å². The molecule has 4 atom stereocenters. The number of esters is 1. The predicted octanol–water partition coefficient (Wildman–Crippen LogP) is 3.99. The first-order valence-electron chi connectivity index (χ1n) is 21.0. The number of carboxylic acid groups (broad SMARTS) is 1. The number of carbonyl (C=O) groups excluding carboxylic acids is 5. The van der Waals surface area contributed by atoms with Crippen LogP contribution in [0.15, 0.2) is 84.0 Å². The van der Waals surface area contributed by atoms with Crippen molar-refractivity contribution in [2.75, 3.05) is 13.2 Å². The molecular weight excluding hydrogens is 809 g/mol. The van der Waals surface area contributed by atoms with Crippen molar-refractivity contribution >= 4 is 52.6 Å². The molecule has 0 saturated carbocycles. The fourth-order valence-corrected chi connectivity index (χ4v) is 7.54. The van der Waals surface area contributed by atoms with E-state index in [1.165, 1.54) is 0 Å². The van der Waals surface area contributed by atoms with E-state index in [0.717, 1.165) is 33.2 Å². The number of alkyl carbamates (subject to hydrolysis) is 1. The minimum absolute atomic E-state index is 0.0304. The molecule has 1 heterocycles. The third kappa shape index (κ3) is 13.3. The second-order valence-electron chi connectivity index (χ2n) is 17.0. The van der Waals surface area contributed by atoms with Crippen LogP contribution in [0.1, 0.15) is 82.9 Å². The summed E-state index contributed by atoms with van der Waals surface area (Å²) in [6, 6.07) is 17.6. The average molecular weight is 867 g/mol. The van der Waals surface area contributed by atoms with Gasteiger partial charge in [0, 0.05) is 36.0 Å². The van der Waals surface area contributed by atoms with E-state index in [1.807, 2.05) is 86.6 Å². The number of aliphatic imine (C=N–C) groups is 1. The zero-order valence-electron chi connectivity index (χ0n) is 36.2. The Kier molecular flexibility index (Phi) is 15.9. The van der Waals surface area contributed by atoms with Crippen LogP contribution < -0.4 is 32.7 Å². The number of nitrogens with zero attached hydrogens (tertiary/aromatic N) is 1. The van der Waals surface area contributed by atoms with E-state index in [1.54, 1.807) is 27.0 Å². The zero-order valence-corrected chi connectivity index (χ0v) is 36.2. The molecule has 4 amide bonds. The molecule has 1 aromatic heterocycles. The van der Waals surface area contributed by atoms with E-state index in [2.05, 4.69) is 31.2 Å². The maximum atomic E-state index is 14.2. The summed E-state index contributed by atoms with van der Waals surface area (Å²) in [4.78, 5) is 88.1. The van der Waals surface area contributed by atoms with Gasteiger partial charge < -0.3 is 52.3 Å². The Morgan fingerprint density at radius 1 is 0.778 bits per heavy atom. The fraction of sp³-hybridized carbons (Fsp3) is 0.413. The fourth-order valence-electron chi connectivity index (χ4n) is 7.54. The number of hydrogen-bond acceptors (Lipinski definition) is 9. The lowest BCUT2D eigenvalue weighted by Crippen LogP contribution is -2.58. The van der Waals surface area contributed by atoms with Gasteiger partial charge in [-0.1, -0.05) is 80.6 Å². The van der Waals surface area contributed by atoms with Gasteiger partial charge in [-0.3, -0.25) is 24.2 Å². The van der Waals surface area contributed by atoms with Crippen LogP contribution in [-0.2, 0) is 39.9 Å². The van der Waals surface area contributed by atoms with Crippen molar-refractivity contribution in [2.24, 2.45) is 22.4 Å². The first-order valence-corrected chi connectivity index (χ1v) is 21.0. The second kappa shape index (κ2) is 21.3. The summed E-state index contributed by atoms with van der Waals surface area (Å²) < 4.78 is 11.3. The zero-order chi connectivity index (χ0) is 45.8. The van der Waals surface area contributed by atoms with Crippen molar-refractivity contribution < 1.29 is 43.3 Å². The monoisotopic (exact) mass is 866 g/mol. The lowest BCUT2D eigenvalue weighted by atomic mass is 9.98. The van der Waals surface area contributed by atoms with Gasteiger partial charge in [-0.2, -0.15) is 0 Å². The second-order valence-corrected chi connectivity index (χ2v) is 17.0. The molecule has 17 nitrogen and oxygen atoms in total. The van der Waals surface area contributed by atoms with Gasteiger partial charge in [0.15, 0.2) is 5.96 Å². The Morgan fingerprint density at radius 3 is 1.97 bits per heavy atom. The molecule has 1 aliphatic carbocycles. The van der Waals surface area contributed by atoms with Gasteiger partial charge >= 0.3 is 18.0 Å². The molecule has 0 unspecified atom stereocenters. The number of guanidine groups is 1. The number of para-hydroxylation sites is 1. The molecule has 0 aliphatic heterocycles. The summed E-state index contributed by atoms with van der Waals surface area (Å²) >= 11 is 0. The van der Waals surface area contributed by atoms with Crippen molar-refractivity contribution in [3.8, 4) is 11.1 Å². The molecule has 17 heteroatoms. The van der Waals surface area contributed by atoms with Gasteiger partial charge in [0.25, 0.3) is 0 Å². The van der Waals surface area contributed by atoms with Crippen molar-refractivity contribution in [1.29, 1.82) is 0 Å². The Hall–Kier alpha value is -6.91. The van der Waals surface area contributed by atoms with E-state index >= 15 is 0 Å². The molecule has 0 fully saturated rings. The van der Waals surface area contributed by atoms with Crippen molar-refractivity contribution in [1.82, 2.24) is 26.3 Å². The average Bonchev–Trinajstić information content (AvgIpc) is 3.77. The van der Waals surface area contributed by atoms with E-state index in [0.29, 0.717) is 5.56 Å². The van der Waals surface area contributed by atoms with Crippen molar-refractivity contribution in [3.05, 3.63) is 95.7 Å². The number of ether oxygens (including phenoxy) is 2. The Bertz CT molecular complexity index is 2270. The number of nitrogens with one attached hydrogen (secondary N) is 5. The number of hydrogen-bond donors (Lipinski definition) is 8. The van der Waals surface area contributed by atoms with Crippen LogP contribution >= 0.6 is 0 Å². The molecular formula is C46H58N8O9. The molecule has 63 heavy (non-hydrogen) atoms. The summed E-state index contributed by atoms with van der Waals surface area (Å²) in [5.74, 6) is -5.21. The number of carbonyl (C=O) groups is 6. The van der Waals surface area contributed by atoms with Gasteiger partial charge in [0.2, 0.25) is 17.7 Å². The Morgan fingerprint density at radius 2 is 1.35 bits per heavy atom. The van der Waals surface area contributed by atoms with Crippen LogP contribution in [0.2, 0.25) is 0 Å². The van der Waals surface area contributed by atoms with Gasteiger partial charge in [0.05, 0.1) is 6.42 Å². The van der Waals surface area contributed by atoms with Crippen LogP contribution in [0, 0.1) is 5.92 Å². The first-order chi connectivity index (χ1) is 29.9. The third-order valence-electron chi connectivity index (χ3n) is 10.4. The summed E-state index contributed by atoms with van der Waals surface area (Å²) in [5.41, 5.74) is 15.6. The summed E-state index contributed by atoms with van der Waals surface area (Å²) in [7, 11) is 0. The first kappa shape index (κ1) is 47.1. The molecule has 10 N–H and O–H groups in total. The smallest absolute Gasteiger partial charge is 0.407 e. The number of aromatic amines is 1. The van der Waals surface area contributed by atoms with Crippen molar-refractivity contribution in [3.63, 3.8) is 0 Å². The maximum Gasteiger partial charge on any atom is 0.407 e. The summed E-state index contributed by atoms with van der Waals surface area (Å²) in [6.07, 6.45) is 0.233. The third-order valence-corrected chi connectivity index (χ3v) is 10.4. The molecule has 0 spiro atoms. The molecule has 4 aromatic rings. The van der Waals surface area contributed by atoms with Crippen LogP contribution in [-0.4, -0.2) is 94.7 Å². The quantitative estimate of drug-likeness (QED) is 0.0272. The minimum atomic E-state index is -1.71. The molecule has 1 aliphatic rings. The van der Waals surface area contributed by atoms with Gasteiger partial charge in [-0.15, -0.1) is 0 Å². The Balaban J connectivity index is 1.36. The number of aromatic nitrogens is 1. The largest absolute Gasteiger partial charge is 0.481 e. The van der Waals surface area contributed by atoms with E-state index < -0.39 is 71.9 Å². The number of fused-ring (bicyclic) bond motifs is 4. The minimum Gasteiger partial charge on any atom is -0.481 e. The van der Waals surface area contributed by atoms with Gasteiger partial charge in [0.1, 0.15) is 36.4 Å². The van der Waals surface area contributed by atoms with Gasteiger partial charge in [-0.25, -0.2) is 9.59 Å². The number of H-pyrrole nitrogens is 1. The Labute approximate surface area is 366 Å². The highest BCUT2D eigenvalue weighted by Crippen LogP contribution is 2.44. The molecule has 0 radical (unpaired) electrons. The number of benzene rings is 3. The van der Waals surface area contributed by atoms with Crippen molar-refractivity contribution in [2.45, 2.75) is 102 Å². The lowest BCUT2D eigenvalue weighted by molar-refractivity contribution is -0.159. The lowest BCUT2D eigenvalue weighted by Gasteiger charge is -2.28. The summed E-state index contributed by atoms with van der Waals surface area (Å²) in [6.45, 7) is 8.87. The molecule has 0 saturated heterocycles. The highest BCUT2D eigenvalue weighted by atomic mass is 16.6. The predicted molar refractivity (Wildman–Crippen MR) is 237 cm³/mol. The van der Waals surface area contributed by atoms with E-state index in [9.17, 15) is 33.9 Å². The number of nitrogens with two attached hydrogens (primary N) is 2. The molecule has 0 bridgehead atoms. The highest BCUT2D eigenvalue weighted by molar-refractivity contribution is 5.97. The number of aliphatic carboxylic acids is 1. The number of amides is 4. The normalized spacial score (nSPS) is 14.0. The standard InChI is InChI=1S/C46H58N8O9/c1-26(2)21-38(43(60)63-46(3,4)5)53-40(57)35(19-12-20-49-44(47)48)51-42(59)37(23-39(55)56)52-41(58)36(22-27-24-50-34-18-11-10-13-28(27)34)54-45(61)62-25-33-31-16-8-6-14-29(31)30-15-7-9-17-32(30)33/h6-11,13-18,24,26,33,35-38,50H,12,19-23,25H2,1-5H3,(H,51,59)(H,52,58)(H,53,57)(H,54,61)(H,55,56)(H4,47,48,49)/t35-,36-,37-,38-/m0/s1.